The van der Waals surface area contributed by atoms with Crippen molar-refractivity contribution in [1.82, 2.24) is 9.55 Å². The zero-order valence-corrected chi connectivity index (χ0v) is 23.9. The van der Waals surface area contributed by atoms with Gasteiger partial charge in [-0.3, -0.25) is 0 Å². The van der Waals surface area contributed by atoms with Gasteiger partial charge >= 0.3 is 0 Å². The molecule has 0 bridgehead atoms. The molecule has 1 heterocycles. The zero-order valence-electron chi connectivity index (χ0n) is 22.9. The number of nitrogens with zero attached hydrogens (tertiary/aromatic N) is 2. The van der Waals surface area contributed by atoms with E-state index >= 15 is 0 Å². The van der Waals surface area contributed by atoms with E-state index in [2.05, 4.69) is 84.6 Å². The molecular formula is C35H31BF2N2Si. The first-order valence-electron chi connectivity index (χ1n) is 13.7. The molecule has 0 atom stereocenters. The van der Waals surface area contributed by atoms with Crippen LogP contribution in [0, 0.1) is 11.6 Å². The van der Waals surface area contributed by atoms with Crippen molar-refractivity contribution in [1.29, 1.82) is 0 Å². The average molecular weight is 557 g/mol. The number of halogens is 2. The second-order valence-electron chi connectivity index (χ2n) is 10.1. The van der Waals surface area contributed by atoms with Gasteiger partial charge in [0.2, 0.25) is 6.71 Å². The van der Waals surface area contributed by atoms with Crippen molar-refractivity contribution in [3.8, 4) is 0 Å². The molecule has 6 aromatic rings. The summed E-state index contributed by atoms with van der Waals surface area (Å²) in [6, 6.07) is 44.8. The van der Waals surface area contributed by atoms with Crippen LogP contribution in [0.4, 0.5) is 8.78 Å². The summed E-state index contributed by atoms with van der Waals surface area (Å²) < 4.78 is 29.4. The van der Waals surface area contributed by atoms with Crippen LogP contribution in [0.25, 0.3) is 0 Å². The van der Waals surface area contributed by atoms with Crippen LogP contribution in [0.1, 0.15) is 0 Å². The van der Waals surface area contributed by atoms with E-state index in [1.807, 2.05) is 53.2 Å². The standard InChI is InChI=1S/C22H18F2N2Si.C13H13B/c23-18-6-10-21(11-7-18)27(17-26-15-14-25-16-26,20-4-2-1-3-5-20)22-12-8-19(24)9-13-22;1-14(12-8-4-2-5-9-12)13-10-6-3-7-11-13/h1-16H,17H2;2-11H,1H3. The zero-order chi connectivity index (χ0) is 28.5. The maximum absolute atomic E-state index is 13.7. The third kappa shape index (κ3) is 6.61. The Hall–Kier alpha value is -4.55. The van der Waals surface area contributed by atoms with Gasteiger partial charge in [0.25, 0.3) is 0 Å². The highest BCUT2D eigenvalue weighted by Crippen LogP contribution is 2.12. The molecule has 0 fully saturated rings. The maximum atomic E-state index is 13.7. The first-order valence-corrected chi connectivity index (χ1v) is 15.9. The Morgan fingerprint density at radius 1 is 0.585 bits per heavy atom. The van der Waals surface area contributed by atoms with Crippen molar-refractivity contribution in [2.24, 2.45) is 0 Å². The highest BCUT2D eigenvalue weighted by Gasteiger charge is 2.40. The van der Waals surface area contributed by atoms with Gasteiger partial charge in [0.1, 0.15) is 11.6 Å². The summed E-state index contributed by atoms with van der Waals surface area (Å²) in [6.45, 7) is 2.72. The predicted molar refractivity (Wildman–Crippen MR) is 170 cm³/mol. The molecular weight excluding hydrogens is 525 g/mol. The second kappa shape index (κ2) is 13.2. The summed E-state index contributed by atoms with van der Waals surface area (Å²) in [4.78, 5) is 4.18. The van der Waals surface area contributed by atoms with Gasteiger partial charge in [0.05, 0.1) is 6.33 Å². The fourth-order valence-corrected chi connectivity index (χ4v) is 9.81. The van der Waals surface area contributed by atoms with Crippen molar-refractivity contribution >= 4 is 41.3 Å². The summed E-state index contributed by atoms with van der Waals surface area (Å²) in [6.07, 6.45) is 6.16. The molecule has 2 nitrogen and oxygen atoms in total. The van der Waals surface area contributed by atoms with Crippen LogP contribution in [0.3, 0.4) is 0 Å². The van der Waals surface area contributed by atoms with Crippen LogP contribution in [-0.2, 0) is 6.17 Å². The van der Waals surface area contributed by atoms with Crippen molar-refractivity contribution in [3.05, 3.63) is 170 Å². The van der Waals surface area contributed by atoms with Crippen LogP contribution in [0.5, 0.6) is 0 Å². The fraction of sp³-hybridized carbons (Fsp3) is 0.0571. The number of imidazole rings is 1. The Bertz CT molecular complexity index is 1530. The Morgan fingerprint density at radius 3 is 1.41 bits per heavy atom. The van der Waals surface area contributed by atoms with Crippen LogP contribution in [0.2, 0.25) is 6.82 Å². The normalized spacial score (nSPS) is 10.9. The molecule has 0 saturated heterocycles. The molecule has 0 aliphatic heterocycles. The largest absolute Gasteiger partial charge is 0.339 e. The molecule has 202 valence electrons. The summed E-state index contributed by atoms with van der Waals surface area (Å²) in [7, 11) is -2.58. The van der Waals surface area contributed by atoms with E-state index in [0.717, 1.165) is 10.4 Å². The second-order valence-corrected chi connectivity index (χ2v) is 13.9. The van der Waals surface area contributed by atoms with E-state index in [9.17, 15) is 8.78 Å². The maximum Gasteiger partial charge on any atom is 0.206 e. The van der Waals surface area contributed by atoms with Gasteiger partial charge in [-0.05, 0) is 39.8 Å². The van der Waals surface area contributed by atoms with E-state index in [1.54, 1.807) is 12.5 Å². The summed E-state index contributed by atoms with van der Waals surface area (Å²) in [5, 5.41) is 3.31. The monoisotopic (exact) mass is 556 g/mol. The Balaban J connectivity index is 0.000000202. The van der Waals surface area contributed by atoms with Crippen molar-refractivity contribution in [2.45, 2.75) is 13.0 Å². The van der Waals surface area contributed by atoms with Gasteiger partial charge in [-0.15, -0.1) is 0 Å². The quantitative estimate of drug-likeness (QED) is 0.204. The van der Waals surface area contributed by atoms with Crippen molar-refractivity contribution in [2.75, 3.05) is 0 Å². The van der Waals surface area contributed by atoms with E-state index in [1.165, 1.54) is 40.4 Å². The third-order valence-electron chi connectivity index (χ3n) is 7.52. The minimum Gasteiger partial charge on any atom is -0.339 e. The van der Waals surface area contributed by atoms with E-state index in [-0.39, 0.29) is 11.6 Å². The lowest BCUT2D eigenvalue weighted by Gasteiger charge is -2.34. The highest BCUT2D eigenvalue weighted by atomic mass is 28.3. The molecule has 0 spiro atoms. The van der Waals surface area contributed by atoms with Gasteiger partial charge in [-0.2, -0.15) is 0 Å². The number of hydrogen-bond donors (Lipinski definition) is 0. The smallest absolute Gasteiger partial charge is 0.206 e. The van der Waals surface area contributed by atoms with Gasteiger partial charge in [-0.25, -0.2) is 13.8 Å². The van der Waals surface area contributed by atoms with Gasteiger partial charge in [0, 0.05) is 18.6 Å². The number of aromatic nitrogens is 2. The highest BCUT2D eigenvalue weighted by molar-refractivity contribution is 7.10. The molecule has 41 heavy (non-hydrogen) atoms. The molecule has 0 N–H and O–H groups in total. The van der Waals surface area contributed by atoms with E-state index in [4.69, 9.17) is 0 Å². The molecule has 5 aromatic carbocycles. The first-order chi connectivity index (χ1) is 20.1. The van der Waals surface area contributed by atoms with Crippen molar-refractivity contribution < 1.29 is 8.78 Å². The molecule has 6 rings (SSSR count). The number of benzene rings is 5. The Labute approximate surface area is 242 Å². The Kier molecular flexibility index (Phi) is 9.02. The lowest BCUT2D eigenvalue weighted by atomic mass is 9.43. The van der Waals surface area contributed by atoms with Crippen LogP contribution in [0.15, 0.2) is 158 Å². The number of rotatable bonds is 7. The molecule has 0 amide bonds. The molecule has 0 aliphatic carbocycles. The summed E-state index contributed by atoms with van der Waals surface area (Å²) in [5.41, 5.74) is 2.75. The van der Waals surface area contributed by atoms with Gasteiger partial charge < -0.3 is 4.57 Å². The van der Waals surface area contributed by atoms with Crippen LogP contribution >= 0.6 is 0 Å². The van der Waals surface area contributed by atoms with E-state index in [0.29, 0.717) is 12.9 Å². The molecule has 0 unspecified atom stereocenters. The fourth-order valence-electron chi connectivity index (χ4n) is 5.30. The molecule has 0 saturated carbocycles. The van der Waals surface area contributed by atoms with Crippen molar-refractivity contribution in [3.63, 3.8) is 0 Å². The predicted octanol–water partition coefficient (Wildman–Crippen LogP) is 4.80. The molecule has 0 aliphatic rings. The lowest BCUT2D eigenvalue weighted by molar-refractivity contribution is 0.628. The average Bonchev–Trinajstić information content (AvgIpc) is 3.55. The molecule has 1 aromatic heterocycles. The lowest BCUT2D eigenvalue weighted by Crippen LogP contribution is -2.69. The minimum atomic E-state index is -2.58. The van der Waals surface area contributed by atoms with Gasteiger partial charge in [0.15, 0.2) is 8.07 Å². The van der Waals surface area contributed by atoms with E-state index < -0.39 is 8.07 Å². The van der Waals surface area contributed by atoms with Crippen LogP contribution in [-0.4, -0.2) is 24.3 Å². The molecule has 0 radical (unpaired) electrons. The molecule has 6 heteroatoms. The Morgan fingerprint density at radius 2 is 1.00 bits per heavy atom. The summed E-state index contributed by atoms with van der Waals surface area (Å²) in [5.74, 6) is -0.534. The topological polar surface area (TPSA) is 17.8 Å². The summed E-state index contributed by atoms with van der Waals surface area (Å²) >= 11 is 0. The SMILES string of the molecule is CB(c1ccccc1)c1ccccc1.Fc1ccc([Si](Cn2ccnc2)(c2ccccc2)c2ccc(F)cc2)cc1. The number of hydrogen-bond acceptors (Lipinski definition) is 1. The minimum absolute atomic E-state index is 0.267. The third-order valence-corrected chi connectivity index (χ3v) is 12.3. The van der Waals surface area contributed by atoms with Gasteiger partial charge in [-0.1, -0.05) is 133 Å². The first kappa shape index (κ1) is 28.0. The van der Waals surface area contributed by atoms with Crippen LogP contribution < -0.4 is 26.5 Å².